The van der Waals surface area contributed by atoms with E-state index in [9.17, 15) is 5.11 Å². The molecule has 0 bridgehead atoms. The fourth-order valence-corrected chi connectivity index (χ4v) is 2.65. The average Bonchev–Trinajstić information content (AvgIpc) is 2.48. The van der Waals surface area contributed by atoms with Crippen LogP contribution in [0.3, 0.4) is 0 Å². The maximum atomic E-state index is 9.75. The summed E-state index contributed by atoms with van der Waals surface area (Å²) in [5, 5.41) is 9.75. The molecule has 19 heavy (non-hydrogen) atoms. The summed E-state index contributed by atoms with van der Waals surface area (Å²) in [4.78, 5) is 6.74. The van der Waals surface area contributed by atoms with Gasteiger partial charge in [-0.25, -0.2) is 0 Å². The molecule has 4 nitrogen and oxygen atoms in total. The predicted octanol–water partition coefficient (Wildman–Crippen LogP) is 1.69. The molecule has 0 atom stereocenters. The van der Waals surface area contributed by atoms with Crippen molar-refractivity contribution in [3.8, 4) is 0 Å². The number of ether oxygens (including phenoxy) is 1. The summed E-state index contributed by atoms with van der Waals surface area (Å²) in [6, 6.07) is 6.01. The molecule has 0 aliphatic carbocycles. The van der Waals surface area contributed by atoms with Crippen molar-refractivity contribution >= 4 is 0 Å². The average molecular weight is 264 g/mol. The fourth-order valence-electron chi connectivity index (χ4n) is 2.65. The monoisotopic (exact) mass is 264 g/mol. The largest absolute Gasteiger partial charge is 0.396 e. The van der Waals surface area contributed by atoms with Gasteiger partial charge in [0.05, 0.1) is 12.3 Å². The second kappa shape index (κ2) is 6.98. The SMILES string of the molecule is CCN(Cc1ccccn1)CC1(CO)CCOCC1. The lowest BCUT2D eigenvalue weighted by Gasteiger charge is -2.39. The van der Waals surface area contributed by atoms with E-state index in [4.69, 9.17) is 4.74 Å². The molecule has 2 rings (SSSR count). The van der Waals surface area contributed by atoms with Crippen LogP contribution in [-0.2, 0) is 11.3 Å². The quantitative estimate of drug-likeness (QED) is 0.849. The Morgan fingerprint density at radius 3 is 2.74 bits per heavy atom. The van der Waals surface area contributed by atoms with E-state index in [1.165, 1.54) is 0 Å². The third-order valence-corrected chi connectivity index (χ3v) is 4.01. The molecule has 106 valence electrons. The maximum Gasteiger partial charge on any atom is 0.0543 e. The summed E-state index contributed by atoms with van der Waals surface area (Å²) in [6.07, 6.45) is 3.73. The van der Waals surface area contributed by atoms with E-state index in [1.807, 2.05) is 18.3 Å². The molecule has 0 unspecified atom stereocenters. The molecule has 1 aromatic rings. The fraction of sp³-hybridized carbons (Fsp3) is 0.667. The lowest BCUT2D eigenvalue weighted by molar-refractivity contribution is -0.0349. The van der Waals surface area contributed by atoms with Crippen molar-refractivity contribution in [1.82, 2.24) is 9.88 Å². The molecule has 1 aliphatic heterocycles. The third kappa shape index (κ3) is 4.00. The van der Waals surface area contributed by atoms with Crippen LogP contribution in [0.4, 0.5) is 0 Å². The number of aliphatic hydroxyl groups excluding tert-OH is 1. The van der Waals surface area contributed by atoms with Gasteiger partial charge in [-0.15, -0.1) is 0 Å². The Morgan fingerprint density at radius 2 is 2.16 bits per heavy atom. The Balaban J connectivity index is 1.97. The van der Waals surface area contributed by atoms with Crippen LogP contribution in [0.5, 0.6) is 0 Å². The van der Waals surface area contributed by atoms with Gasteiger partial charge >= 0.3 is 0 Å². The lowest BCUT2D eigenvalue weighted by Crippen LogP contribution is -2.43. The van der Waals surface area contributed by atoms with Gasteiger partial charge in [0.25, 0.3) is 0 Å². The Bertz CT molecular complexity index is 364. The van der Waals surface area contributed by atoms with Crippen molar-refractivity contribution < 1.29 is 9.84 Å². The Hall–Kier alpha value is -0.970. The normalized spacial score (nSPS) is 18.7. The number of aliphatic hydroxyl groups is 1. The minimum Gasteiger partial charge on any atom is -0.396 e. The summed E-state index contributed by atoms with van der Waals surface area (Å²) in [5.41, 5.74) is 1.09. The van der Waals surface area contributed by atoms with Crippen LogP contribution in [0.25, 0.3) is 0 Å². The van der Waals surface area contributed by atoms with E-state index in [-0.39, 0.29) is 12.0 Å². The van der Waals surface area contributed by atoms with Crippen molar-refractivity contribution in [1.29, 1.82) is 0 Å². The van der Waals surface area contributed by atoms with Crippen LogP contribution in [-0.4, -0.2) is 47.9 Å². The molecule has 2 heterocycles. The van der Waals surface area contributed by atoms with Crippen molar-refractivity contribution in [2.75, 3.05) is 32.9 Å². The van der Waals surface area contributed by atoms with E-state index in [0.29, 0.717) is 0 Å². The number of hydrogen-bond donors (Lipinski definition) is 1. The second-order valence-corrected chi connectivity index (χ2v) is 5.39. The van der Waals surface area contributed by atoms with Gasteiger partial charge in [0.1, 0.15) is 0 Å². The van der Waals surface area contributed by atoms with Gasteiger partial charge < -0.3 is 9.84 Å². The highest BCUT2D eigenvalue weighted by Crippen LogP contribution is 2.31. The molecule has 1 N–H and O–H groups in total. The molecular formula is C15H24N2O2. The molecule has 0 spiro atoms. The second-order valence-electron chi connectivity index (χ2n) is 5.39. The number of pyridine rings is 1. The topological polar surface area (TPSA) is 45.6 Å². The smallest absolute Gasteiger partial charge is 0.0543 e. The zero-order valence-corrected chi connectivity index (χ0v) is 11.7. The molecule has 0 saturated carbocycles. The van der Waals surface area contributed by atoms with Gasteiger partial charge in [-0.3, -0.25) is 9.88 Å². The molecular weight excluding hydrogens is 240 g/mol. The number of nitrogens with zero attached hydrogens (tertiary/aromatic N) is 2. The van der Waals surface area contributed by atoms with Crippen LogP contribution >= 0.6 is 0 Å². The number of hydrogen-bond acceptors (Lipinski definition) is 4. The van der Waals surface area contributed by atoms with Crippen molar-refractivity contribution in [3.63, 3.8) is 0 Å². The predicted molar refractivity (Wildman–Crippen MR) is 74.8 cm³/mol. The first-order chi connectivity index (χ1) is 9.28. The van der Waals surface area contributed by atoms with Gasteiger partial charge in [-0.1, -0.05) is 13.0 Å². The highest BCUT2D eigenvalue weighted by Gasteiger charge is 2.33. The standard InChI is InChI=1S/C15H24N2O2/c1-2-17(11-14-5-3-4-8-16-14)12-15(13-18)6-9-19-10-7-15/h3-5,8,18H,2,6-7,9-13H2,1H3. The molecule has 0 amide bonds. The van der Waals surface area contributed by atoms with E-state index in [0.717, 1.165) is 51.4 Å². The zero-order chi connectivity index (χ0) is 13.6. The minimum atomic E-state index is 0.00302. The molecule has 1 fully saturated rings. The van der Waals surface area contributed by atoms with E-state index in [1.54, 1.807) is 0 Å². The highest BCUT2D eigenvalue weighted by atomic mass is 16.5. The molecule has 4 heteroatoms. The molecule has 1 aliphatic rings. The van der Waals surface area contributed by atoms with Crippen LogP contribution in [0.2, 0.25) is 0 Å². The van der Waals surface area contributed by atoms with Gasteiger partial charge in [0, 0.05) is 37.9 Å². The Kier molecular flexibility index (Phi) is 5.31. The van der Waals surface area contributed by atoms with Gasteiger partial charge in [0.15, 0.2) is 0 Å². The van der Waals surface area contributed by atoms with E-state index < -0.39 is 0 Å². The summed E-state index contributed by atoms with van der Waals surface area (Å²) in [7, 11) is 0. The summed E-state index contributed by atoms with van der Waals surface area (Å²) >= 11 is 0. The van der Waals surface area contributed by atoms with Crippen molar-refractivity contribution in [2.24, 2.45) is 5.41 Å². The van der Waals surface area contributed by atoms with Crippen LogP contribution in [0, 0.1) is 5.41 Å². The maximum absolute atomic E-state index is 9.75. The lowest BCUT2D eigenvalue weighted by atomic mass is 9.80. The summed E-state index contributed by atoms with van der Waals surface area (Å²) in [5.74, 6) is 0. The van der Waals surface area contributed by atoms with Gasteiger partial charge in [-0.2, -0.15) is 0 Å². The molecule has 1 aromatic heterocycles. The van der Waals surface area contributed by atoms with Crippen LogP contribution < -0.4 is 0 Å². The van der Waals surface area contributed by atoms with Crippen LogP contribution in [0.1, 0.15) is 25.5 Å². The number of aromatic nitrogens is 1. The van der Waals surface area contributed by atoms with Crippen molar-refractivity contribution in [3.05, 3.63) is 30.1 Å². The Morgan fingerprint density at radius 1 is 1.37 bits per heavy atom. The van der Waals surface area contributed by atoms with Crippen molar-refractivity contribution in [2.45, 2.75) is 26.3 Å². The first kappa shape index (κ1) is 14.4. The summed E-state index contributed by atoms with van der Waals surface area (Å²) < 4.78 is 5.42. The first-order valence-electron chi connectivity index (χ1n) is 7.09. The zero-order valence-electron chi connectivity index (χ0n) is 11.7. The van der Waals surface area contributed by atoms with E-state index in [2.05, 4.69) is 22.9 Å². The molecule has 0 aromatic carbocycles. The Labute approximate surface area is 115 Å². The number of rotatable bonds is 6. The highest BCUT2D eigenvalue weighted by molar-refractivity contribution is 5.03. The van der Waals surface area contributed by atoms with Gasteiger partial charge in [0.2, 0.25) is 0 Å². The van der Waals surface area contributed by atoms with E-state index >= 15 is 0 Å². The van der Waals surface area contributed by atoms with Gasteiger partial charge in [-0.05, 0) is 31.5 Å². The minimum absolute atomic E-state index is 0.00302. The summed E-state index contributed by atoms with van der Waals surface area (Å²) in [6.45, 7) is 6.67. The van der Waals surface area contributed by atoms with Crippen LogP contribution in [0.15, 0.2) is 24.4 Å². The molecule has 1 saturated heterocycles. The third-order valence-electron chi connectivity index (χ3n) is 4.01. The molecule has 0 radical (unpaired) electrons. The first-order valence-corrected chi connectivity index (χ1v) is 7.09.